The van der Waals surface area contributed by atoms with Gasteiger partial charge in [-0.15, -0.1) is 11.8 Å². The maximum Gasteiger partial charge on any atom is 0.137 e. The Morgan fingerprint density at radius 2 is 2.10 bits per heavy atom. The zero-order valence-electron chi connectivity index (χ0n) is 11.8. The van der Waals surface area contributed by atoms with Gasteiger partial charge in [0.1, 0.15) is 5.82 Å². The first-order chi connectivity index (χ1) is 10.1. The maximum absolute atomic E-state index is 13.9. The van der Waals surface area contributed by atoms with Crippen molar-refractivity contribution in [2.24, 2.45) is 0 Å². The summed E-state index contributed by atoms with van der Waals surface area (Å²) in [7, 11) is 0. The molecular formula is C17H17ClFNS. The van der Waals surface area contributed by atoms with Crippen molar-refractivity contribution in [2.75, 3.05) is 5.75 Å². The van der Waals surface area contributed by atoms with Crippen LogP contribution >= 0.6 is 23.4 Å². The third-order valence-corrected chi connectivity index (χ3v) is 5.22. The molecule has 4 heteroatoms. The van der Waals surface area contributed by atoms with Crippen LogP contribution in [0.15, 0.2) is 47.4 Å². The summed E-state index contributed by atoms with van der Waals surface area (Å²) < 4.78 is 13.9. The summed E-state index contributed by atoms with van der Waals surface area (Å²) in [6.07, 6.45) is 1.01. The summed E-state index contributed by atoms with van der Waals surface area (Å²) in [5.74, 6) is 0.827. The molecular weight excluding hydrogens is 305 g/mol. The molecule has 2 atom stereocenters. The fourth-order valence-electron chi connectivity index (χ4n) is 2.73. The van der Waals surface area contributed by atoms with Crippen molar-refractivity contribution in [3.63, 3.8) is 0 Å². The number of halogens is 2. The number of hydrogen-bond acceptors (Lipinski definition) is 2. The number of hydrogen-bond donors (Lipinski definition) is 1. The van der Waals surface area contributed by atoms with Gasteiger partial charge >= 0.3 is 0 Å². The van der Waals surface area contributed by atoms with Crippen LogP contribution in [0.5, 0.6) is 0 Å². The smallest absolute Gasteiger partial charge is 0.137 e. The van der Waals surface area contributed by atoms with Crippen LogP contribution in [0.3, 0.4) is 0 Å². The van der Waals surface area contributed by atoms with Crippen LogP contribution in [0.2, 0.25) is 5.02 Å². The molecule has 0 bridgehead atoms. The minimum absolute atomic E-state index is 0.112. The monoisotopic (exact) mass is 321 g/mol. The third-order valence-electron chi connectivity index (χ3n) is 3.83. The van der Waals surface area contributed by atoms with Gasteiger partial charge in [0.25, 0.3) is 0 Å². The predicted molar refractivity (Wildman–Crippen MR) is 87.5 cm³/mol. The maximum atomic E-state index is 13.9. The summed E-state index contributed by atoms with van der Waals surface area (Å²) in [5, 5.41) is 4.35. The Morgan fingerprint density at radius 1 is 1.29 bits per heavy atom. The van der Waals surface area contributed by atoms with Gasteiger partial charge in [-0.1, -0.05) is 35.9 Å². The van der Waals surface area contributed by atoms with Crippen molar-refractivity contribution in [1.82, 2.24) is 5.32 Å². The van der Waals surface area contributed by atoms with E-state index >= 15 is 0 Å². The van der Waals surface area contributed by atoms with E-state index in [2.05, 4.69) is 18.3 Å². The highest BCUT2D eigenvalue weighted by Gasteiger charge is 2.24. The molecule has 0 aromatic heterocycles. The van der Waals surface area contributed by atoms with Crippen molar-refractivity contribution >= 4 is 23.4 Å². The van der Waals surface area contributed by atoms with E-state index < -0.39 is 0 Å². The van der Waals surface area contributed by atoms with Gasteiger partial charge in [0, 0.05) is 22.0 Å². The third kappa shape index (κ3) is 3.25. The highest BCUT2D eigenvalue weighted by Crippen LogP contribution is 2.38. The molecule has 21 heavy (non-hydrogen) atoms. The van der Waals surface area contributed by atoms with Gasteiger partial charge in [-0.3, -0.25) is 0 Å². The van der Waals surface area contributed by atoms with E-state index in [1.807, 2.05) is 24.3 Å². The first-order valence-corrected chi connectivity index (χ1v) is 8.44. The summed E-state index contributed by atoms with van der Waals surface area (Å²) >= 11 is 7.66. The lowest BCUT2D eigenvalue weighted by Crippen LogP contribution is -2.27. The summed E-state index contributed by atoms with van der Waals surface area (Å²) in [6.45, 7) is 2.12. The van der Waals surface area contributed by atoms with Gasteiger partial charge in [0.15, 0.2) is 0 Å². The van der Waals surface area contributed by atoms with Gasteiger partial charge in [-0.2, -0.15) is 0 Å². The van der Waals surface area contributed by atoms with Gasteiger partial charge in [0.05, 0.1) is 0 Å². The molecule has 1 aliphatic rings. The fraction of sp³-hybridized carbons (Fsp3) is 0.294. The molecule has 0 amide bonds. The molecule has 0 radical (unpaired) electrons. The first kappa shape index (κ1) is 14.9. The number of nitrogens with one attached hydrogen (secondary N) is 1. The van der Waals surface area contributed by atoms with Crippen molar-refractivity contribution < 1.29 is 4.39 Å². The summed E-state index contributed by atoms with van der Waals surface area (Å²) in [6, 6.07) is 13.6. The largest absolute Gasteiger partial charge is 0.303 e. The van der Waals surface area contributed by atoms with Crippen LogP contribution in [-0.4, -0.2) is 5.75 Å². The van der Waals surface area contributed by atoms with E-state index in [0.29, 0.717) is 0 Å². The average molecular weight is 322 g/mol. The molecule has 110 valence electrons. The molecule has 0 spiro atoms. The highest BCUT2D eigenvalue weighted by molar-refractivity contribution is 7.99. The zero-order chi connectivity index (χ0) is 14.8. The minimum Gasteiger partial charge on any atom is -0.303 e. The topological polar surface area (TPSA) is 12.0 Å². The van der Waals surface area contributed by atoms with Crippen LogP contribution in [0.1, 0.15) is 36.6 Å². The second-order valence-electron chi connectivity index (χ2n) is 5.29. The predicted octanol–water partition coefficient (Wildman–Crippen LogP) is 5.37. The van der Waals surface area contributed by atoms with E-state index in [1.54, 1.807) is 17.8 Å². The van der Waals surface area contributed by atoms with Crippen molar-refractivity contribution in [3.8, 4) is 0 Å². The summed E-state index contributed by atoms with van der Waals surface area (Å²) in [5.41, 5.74) is 2.22. The molecule has 1 nitrogen and oxygen atoms in total. The first-order valence-electron chi connectivity index (χ1n) is 7.08. The minimum atomic E-state index is -0.112. The molecule has 0 saturated carbocycles. The van der Waals surface area contributed by atoms with Crippen molar-refractivity contribution in [2.45, 2.75) is 30.3 Å². The molecule has 1 unspecified atom stereocenters. The quantitative estimate of drug-likeness (QED) is 0.816. The lowest BCUT2D eigenvalue weighted by molar-refractivity contribution is 0.444. The molecule has 1 N–H and O–H groups in total. The standard InChI is InChI=1S/C17H17ClFNS/c1-11(12-4-2-5-13(18)10-12)20-16-8-9-21-17-14(16)6-3-7-15(17)19/h2-7,10-11,16,20H,8-9H2,1H3/t11-,16?/m0/s1. The summed E-state index contributed by atoms with van der Waals surface area (Å²) in [4.78, 5) is 0.791. The SMILES string of the molecule is C[C@H](NC1CCSc2c(F)cccc21)c1cccc(Cl)c1. The molecule has 0 fully saturated rings. The molecule has 2 aromatic carbocycles. The number of fused-ring (bicyclic) bond motifs is 1. The highest BCUT2D eigenvalue weighted by atomic mass is 35.5. The number of thioether (sulfide) groups is 1. The van der Waals surface area contributed by atoms with Gasteiger partial charge in [-0.25, -0.2) is 4.39 Å². The van der Waals surface area contributed by atoms with Crippen molar-refractivity contribution in [1.29, 1.82) is 0 Å². The van der Waals surface area contributed by atoms with E-state index in [4.69, 9.17) is 11.6 Å². The lowest BCUT2D eigenvalue weighted by atomic mass is 10.0. The molecule has 3 rings (SSSR count). The Morgan fingerprint density at radius 3 is 2.90 bits per heavy atom. The van der Waals surface area contributed by atoms with Gasteiger partial charge < -0.3 is 5.32 Å². The Hall–Kier alpha value is -1.03. The van der Waals surface area contributed by atoms with Crippen molar-refractivity contribution in [3.05, 3.63) is 64.4 Å². The average Bonchev–Trinajstić information content (AvgIpc) is 2.48. The van der Waals surface area contributed by atoms with E-state index in [9.17, 15) is 4.39 Å². The Balaban J connectivity index is 1.82. The van der Waals surface area contributed by atoms with E-state index in [0.717, 1.165) is 33.2 Å². The fourth-order valence-corrected chi connectivity index (χ4v) is 4.07. The number of benzene rings is 2. The van der Waals surface area contributed by atoms with Crippen LogP contribution in [-0.2, 0) is 0 Å². The van der Waals surface area contributed by atoms with E-state index in [-0.39, 0.29) is 17.9 Å². The molecule has 1 aliphatic heterocycles. The molecule has 0 aliphatic carbocycles. The Bertz CT molecular complexity index is 646. The normalized spacial score (nSPS) is 19.1. The lowest BCUT2D eigenvalue weighted by Gasteiger charge is -2.29. The molecule has 1 heterocycles. The Kier molecular flexibility index (Phi) is 4.53. The second kappa shape index (κ2) is 6.39. The zero-order valence-corrected chi connectivity index (χ0v) is 13.3. The molecule has 2 aromatic rings. The Labute approximate surface area is 133 Å². The molecule has 0 saturated heterocycles. The van der Waals surface area contributed by atoms with Crippen LogP contribution in [0, 0.1) is 5.82 Å². The van der Waals surface area contributed by atoms with Crippen LogP contribution in [0.4, 0.5) is 4.39 Å². The van der Waals surface area contributed by atoms with E-state index in [1.165, 1.54) is 6.07 Å². The van der Waals surface area contributed by atoms with Gasteiger partial charge in [-0.05, 0) is 48.4 Å². The number of rotatable bonds is 3. The van der Waals surface area contributed by atoms with Crippen LogP contribution < -0.4 is 5.32 Å². The van der Waals surface area contributed by atoms with Crippen LogP contribution in [0.25, 0.3) is 0 Å². The second-order valence-corrected chi connectivity index (χ2v) is 6.83. The van der Waals surface area contributed by atoms with Gasteiger partial charge in [0.2, 0.25) is 0 Å².